The molecule has 1 aromatic rings. The second kappa shape index (κ2) is 13.5. The van der Waals surface area contributed by atoms with Crippen LogP contribution in [0.3, 0.4) is 0 Å². The van der Waals surface area contributed by atoms with Crippen LogP contribution in [0.4, 0.5) is 4.79 Å². The molecule has 1 aromatic carbocycles. The Balaban J connectivity index is 2.44. The van der Waals surface area contributed by atoms with E-state index in [4.69, 9.17) is 9.47 Å². The van der Waals surface area contributed by atoms with Gasteiger partial charge in [-0.2, -0.15) is 0 Å². The average molecular weight is 534 g/mol. The summed E-state index contributed by atoms with van der Waals surface area (Å²) >= 11 is 0. The summed E-state index contributed by atoms with van der Waals surface area (Å²) < 4.78 is 10.4. The molecule has 10 heteroatoms. The van der Waals surface area contributed by atoms with Gasteiger partial charge in [-0.1, -0.05) is 39.3 Å². The molecule has 0 aliphatic heterocycles. The third-order valence-corrected chi connectivity index (χ3v) is 6.48. The van der Waals surface area contributed by atoms with Crippen molar-refractivity contribution in [2.45, 2.75) is 91.5 Å². The van der Waals surface area contributed by atoms with E-state index in [0.29, 0.717) is 18.4 Å². The Morgan fingerprint density at radius 3 is 2.37 bits per heavy atom. The Hall–Kier alpha value is -3.30. The Morgan fingerprint density at radius 1 is 1.18 bits per heavy atom. The molecule has 2 rings (SSSR count). The highest BCUT2D eigenvalue weighted by atomic mass is 16.6. The second-order valence-electron chi connectivity index (χ2n) is 10.9. The van der Waals surface area contributed by atoms with E-state index in [0.717, 1.165) is 0 Å². The van der Waals surface area contributed by atoms with Crippen molar-refractivity contribution in [3.63, 3.8) is 0 Å². The van der Waals surface area contributed by atoms with E-state index in [1.54, 1.807) is 39.8 Å². The molecule has 3 N–H and O–H groups in total. The third-order valence-electron chi connectivity index (χ3n) is 6.48. The molecule has 0 radical (unpaired) electrons. The molecule has 0 aromatic heterocycles. The number of phenols is 1. The first kappa shape index (κ1) is 30.9. The average Bonchev–Trinajstić information content (AvgIpc) is 3.54. The van der Waals surface area contributed by atoms with Crippen LogP contribution in [0.5, 0.6) is 5.75 Å². The summed E-state index contributed by atoms with van der Waals surface area (Å²) in [5.41, 5.74) is -0.327. The number of ether oxygens (including phenoxy) is 2. The minimum absolute atomic E-state index is 0.0180. The van der Waals surface area contributed by atoms with E-state index < -0.39 is 41.6 Å². The zero-order valence-electron chi connectivity index (χ0n) is 23.6. The van der Waals surface area contributed by atoms with E-state index in [9.17, 15) is 24.3 Å². The zero-order valence-corrected chi connectivity index (χ0v) is 23.6. The van der Waals surface area contributed by atoms with Gasteiger partial charge in [0.15, 0.2) is 0 Å². The molecular formula is C28H43N3O7. The van der Waals surface area contributed by atoms with Gasteiger partial charge < -0.3 is 30.1 Å². The molecule has 1 fully saturated rings. The number of aromatic hydroxyl groups is 1. The molecular weight excluding hydrogens is 490 g/mol. The van der Waals surface area contributed by atoms with Gasteiger partial charge >= 0.3 is 12.1 Å². The fraction of sp³-hybridized carbons (Fsp3) is 0.643. The van der Waals surface area contributed by atoms with Gasteiger partial charge in [0.2, 0.25) is 11.8 Å². The van der Waals surface area contributed by atoms with Gasteiger partial charge in [-0.15, -0.1) is 0 Å². The van der Waals surface area contributed by atoms with Crippen LogP contribution in [0.15, 0.2) is 24.3 Å². The molecule has 5 unspecified atom stereocenters. The van der Waals surface area contributed by atoms with Gasteiger partial charge in [0.25, 0.3) is 0 Å². The highest BCUT2D eigenvalue weighted by molar-refractivity contribution is 5.93. The molecule has 5 atom stereocenters. The first-order valence-corrected chi connectivity index (χ1v) is 13.3. The number of carbonyl (C=O) groups is 4. The van der Waals surface area contributed by atoms with Crippen molar-refractivity contribution in [1.29, 1.82) is 0 Å². The summed E-state index contributed by atoms with van der Waals surface area (Å²) in [4.78, 5) is 53.8. The fourth-order valence-electron chi connectivity index (χ4n) is 4.20. The molecule has 1 saturated carbocycles. The number of esters is 1. The largest absolute Gasteiger partial charge is 0.508 e. The molecule has 3 amide bonds. The Labute approximate surface area is 225 Å². The number of hydrogen-bond acceptors (Lipinski definition) is 7. The van der Waals surface area contributed by atoms with Gasteiger partial charge in [-0.05, 0) is 63.6 Å². The van der Waals surface area contributed by atoms with Gasteiger partial charge in [0, 0.05) is 12.6 Å². The Bertz CT molecular complexity index is 991. The van der Waals surface area contributed by atoms with Crippen molar-refractivity contribution in [3.05, 3.63) is 29.8 Å². The molecule has 1 aliphatic carbocycles. The van der Waals surface area contributed by atoms with Gasteiger partial charge in [-0.3, -0.25) is 14.4 Å². The molecule has 0 bridgehead atoms. The molecule has 0 heterocycles. The maximum atomic E-state index is 14.2. The highest BCUT2D eigenvalue weighted by Crippen LogP contribution is 2.41. The van der Waals surface area contributed by atoms with Gasteiger partial charge in [0.05, 0.1) is 13.0 Å². The SMILES string of the molecule is CCOC(=O)CCNC(=O)C(c1cccc(O)c1)N(C(=O)C(NC(=O)OC(C)(C)C)C(C)CC)C1CC1C. The zero-order chi connectivity index (χ0) is 28.6. The smallest absolute Gasteiger partial charge is 0.408 e. The normalized spacial score (nSPS) is 18.9. The minimum Gasteiger partial charge on any atom is -0.508 e. The summed E-state index contributed by atoms with van der Waals surface area (Å²) in [5, 5.41) is 15.7. The van der Waals surface area contributed by atoms with Gasteiger partial charge in [0.1, 0.15) is 23.4 Å². The van der Waals surface area contributed by atoms with E-state index in [2.05, 4.69) is 10.6 Å². The lowest BCUT2D eigenvalue weighted by Gasteiger charge is -2.36. The number of hydrogen-bond donors (Lipinski definition) is 3. The number of phenolic OH excluding ortho intramolecular Hbond substituents is 1. The maximum absolute atomic E-state index is 14.2. The number of nitrogens with zero attached hydrogens (tertiary/aromatic N) is 1. The second-order valence-corrected chi connectivity index (χ2v) is 10.9. The van der Waals surface area contributed by atoms with E-state index in [1.165, 1.54) is 17.0 Å². The van der Waals surface area contributed by atoms with Crippen molar-refractivity contribution in [2.75, 3.05) is 13.2 Å². The predicted molar refractivity (Wildman–Crippen MR) is 142 cm³/mol. The third kappa shape index (κ3) is 8.92. The number of carbonyl (C=O) groups excluding carboxylic acids is 4. The Morgan fingerprint density at radius 2 is 1.84 bits per heavy atom. The molecule has 10 nitrogen and oxygen atoms in total. The number of nitrogens with one attached hydrogen (secondary N) is 2. The topological polar surface area (TPSA) is 134 Å². The first-order chi connectivity index (χ1) is 17.8. The standard InChI is InChI=1S/C28H43N3O7/c1-8-17(3)23(30-27(36)38-28(5,6)7)26(35)31(21-15-18(21)4)24(19-11-10-12-20(32)16-19)25(34)29-14-13-22(33)37-9-2/h10-12,16-18,21,23-24,32H,8-9,13-15H2,1-7H3,(H,29,34)(H,30,36). The number of benzene rings is 1. The maximum Gasteiger partial charge on any atom is 0.408 e. The van der Waals surface area contributed by atoms with Crippen LogP contribution in [0.2, 0.25) is 0 Å². The lowest BCUT2D eigenvalue weighted by molar-refractivity contribution is -0.145. The van der Waals surface area contributed by atoms with Crippen molar-refractivity contribution >= 4 is 23.9 Å². The molecule has 0 spiro atoms. The van der Waals surface area contributed by atoms with Crippen LogP contribution in [-0.2, 0) is 23.9 Å². The molecule has 38 heavy (non-hydrogen) atoms. The number of amides is 3. The van der Waals surface area contributed by atoms with Crippen molar-refractivity contribution in [2.24, 2.45) is 11.8 Å². The molecule has 0 saturated heterocycles. The van der Waals surface area contributed by atoms with E-state index >= 15 is 0 Å². The lowest BCUT2D eigenvalue weighted by Crippen LogP contribution is -2.56. The van der Waals surface area contributed by atoms with Crippen LogP contribution >= 0.6 is 0 Å². The van der Waals surface area contributed by atoms with Crippen LogP contribution in [0, 0.1) is 11.8 Å². The quantitative estimate of drug-likeness (QED) is 0.349. The van der Waals surface area contributed by atoms with E-state index in [1.807, 2.05) is 20.8 Å². The lowest BCUT2D eigenvalue weighted by atomic mass is 9.95. The first-order valence-electron chi connectivity index (χ1n) is 13.3. The Kier molecular flexibility index (Phi) is 11.0. The van der Waals surface area contributed by atoms with Crippen molar-refractivity contribution in [1.82, 2.24) is 15.5 Å². The monoisotopic (exact) mass is 533 g/mol. The van der Waals surface area contributed by atoms with Crippen LogP contribution < -0.4 is 10.6 Å². The summed E-state index contributed by atoms with van der Waals surface area (Å²) in [6.07, 6.45) is 0.558. The van der Waals surface area contributed by atoms with Crippen LogP contribution in [-0.4, -0.2) is 64.7 Å². The van der Waals surface area contributed by atoms with Crippen LogP contribution in [0.25, 0.3) is 0 Å². The van der Waals surface area contributed by atoms with Gasteiger partial charge in [-0.25, -0.2) is 4.79 Å². The fourth-order valence-corrected chi connectivity index (χ4v) is 4.20. The van der Waals surface area contributed by atoms with Crippen molar-refractivity contribution < 1.29 is 33.8 Å². The predicted octanol–water partition coefficient (Wildman–Crippen LogP) is 3.68. The minimum atomic E-state index is -1.08. The summed E-state index contributed by atoms with van der Waals surface area (Å²) in [7, 11) is 0. The number of alkyl carbamates (subject to hydrolysis) is 1. The summed E-state index contributed by atoms with van der Waals surface area (Å²) in [6.45, 7) is 13.0. The molecule has 212 valence electrons. The molecule has 1 aliphatic rings. The van der Waals surface area contributed by atoms with E-state index in [-0.39, 0.29) is 43.2 Å². The highest BCUT2D eigenvalue weighted by Gasteiger charge is 2.48. The summed E-state index contributed by atoms with van der Waals surface area (Å²) in [5.74, 6) is -1.49. The number of rotatable bonds is 12. The summed E-state index contributed by atoms with van der Waals surface area (Å²) in [6, 6.07) is 3.95. The van der Waals surface area contributed by atoms with Crippen molar-refractivity contribution in [3.8, 4) is 5.75 Å². The van der Waals surface area contributed by atoms with Crippen LogP contribution in [0.1, 0.15) is 79.3 Å².